The Morgan fingerprint density at radius 3 is 2.75 bits per heavy atom. The molecule has 0 radical (unpaired) electrons. The van der Waals surface area contributed by atoms with Gasteiger partial charge in [-0.3, -0.25) is 4.79 Å². The van der Waals surface area contributed by atoms with Crippen LogP contribution in [0, 0.1) is 5.92 Å². The number of sulfonamides is 1. The summed E-state index contributed by atoms with van der Waals surface area (Å²) in [5.41, 5.74) is 0.860. The summed E-state index contributed by atoms with van der Waals surface area (Å²) in [7, 11) is -3.51. The van der Waals surface area contributed by atoms with E-state index in [1.807, 2.05) is 18.2 Å². The first-order chi connectivity index (χ1) is 11.0. The summed E-state index contributed by atoms with van der Waals surface area (Å²) in [5.74, 6) is -0.262. The smallest absolute Gasteiger partial charge is 0.253 e. The Kier molecular flexibility index (Phi) is 5.67. The number of hydrogen-bond donors (Lipinski definition) is 2. The van der Waals surface area contributed by atoms with Gasteiger partial charge in [-0.1, -0.05) is 12.1 Å². The molecule has 1 saturated heterocycles. The Bertz CT molecular complexity index is 695. The van der Waals surface area contributed by atoms with Gasteiger partial charge in [-0.15, -0.1) is 0 Å². The molecule has 0 bridgehead atoms. The fraction of sp³-hybridized carbons (Fsp3) is 0.588. The minimum absolute atomic E-state index is 0.0810. The molecule has 0 aromatic heterocycles. The van der Waals surface area contributed by atoms with Crippen LogP contribution in [-0.4, -0.2) is 48.8 Å². The molecule has 134 valence electrons. The number of carbonyl (C=O) groups is 1. The maximum Gasteiger partial charge on any atom is 0.253 e. The lowest BCUT2D eigenvalue weighted by Gasteiger charge is -2.18. The van der Waals surface area contributed by atoms with Crippen molar-refractivity contribution < 1.29 is 18.3 Å². The van der Waals surface area contributed by atoms with Gasteiger partial charge >= 0.3 is 0 Å². The summed E-state index contributed by atoms with van der Waals surface area (Å²) >= 11 is 0. The zero-order chi connectivity index (χ0) is 18.0. The van der Waals surface area contributed by atoms with Gasteiger partial charge in [0, 0.05) is 18.7 Å². The van der Waals surface area contributed by atoms with Gasteiger partial charge in [0.2, 0.25) is 10.0 Å². The van der Waals surface area contributed by atoms with E-state index < -0.39 is 15.6 Å². The van der Waals surface area contributed by atoms with Gasteiger partial charge in [0.05, 0.1) is 11.4 Å². The highest BCUT2D eigenvalue weighted by molar-refractivity contribution is 7.89. The van der Waals surface area contributed by atoms with Crippen LogP contribution in [0.1, 0.15) is 42.6 Å². The van der Waals surface area contributed by atoms with Crippen molar-refractivity contribution in [1.82, 2.24) is 4.90 Å². The Morgan fingerprint density at radius 1 is 1.42 bits per heavy atom. The number of carbonyl (C=O) groups excluding carboxylic acids is 1. The molecule has 1 aromatic rings. The zero-order valence-electron chi connectivity index (χ0n) is 14.2. The van der Waals surface area contributed by atoms with Gasteiger partial charge in [-0.25, -0.2) is 13.6 Å². The second kappa shape index (κ2) is 7.21. The number of amides is 1. The number of hydrogen-bond acceptors (Lipinski definition) is 4. The molecule has 1 atom stereocenters. The lowest BCUT2D eigenvalue weighted by atomic mass is 9.98. The summed E-state index contributed by atoms with van der Waals surface area (Å²) in [5, 5.41) is 14.9. The Hall–Kier alpha value is -1.44. The van der Waals surface area contributed by atoms with Crippen molar-refractivity contribution in [3.05, 3.63) is 35.4 Å². The van der Waals surface area contributed by atoms with Gasteiger partial charge in [-0.05, 0) is 56.7 Å². The van der Waals surface area contributed by atoms with Crippen molar-refractivity contribution in [1.29, 1.82) is 0 Å². The SMILES string of the molecule is CC(C)(O)CCc1cccc(C(=O)N2CCC(CS(N)(=O)=O)C2)c1. The standard InChI is InChI=1S/C17H26N2O4S/c1-17(2,21)8-6-13-4-3-5-15(10-13)16(20)19-9-7-14(11-19)12-24(18,22)23/h3-5,10,14,21H,6-9,11-12H2,1-2H3,(H2,18,22,23). The van der Waals surface area contributed by atoms with Crippen molar-refractivity contribution in [2.24, 2.45) is 11.1 Å². The summed E-state index contributed by atoms with van der Waals surface area (Å²) in [6.45, 7) is 4.49. The fourth-order valence-corrected chi connectivity index (χ4v) is 3.90. The molecular formula is C17H26N2O4S. The van der Waals surface area contributed by atoms with Crippen molar-refractivity contribution in [3.8, 4) is 0 Å². The number of nitrogens with two attached hydrogens (primary N) is 1. The average molecular weight is 354 g/mol. The molecule has 1 heterocycles. The van der Waals surface area contributed by atoms with Crippen LogP contribution in [0.25, 0.3) is 0 Å². The van der Waals surface area contributed by atoms with Crippen LogP contribution in [0.2, 0.25) is 0 Å². The third kappa shape index (κ3) is 5.89. The van der Waals surface area contributed by atoms with Crippen LogP contribution >= 0.6 is 0 Å². The van der Waals surface area contributed by atoms with E-state index in [1.165, 1.54) is 0 Å². The van der Waals surface area contributed by atoms with Gasteiger partial charge in [0.25, 0.3) is 5.91 Å². The molecule has 0 spiro atoms. The van der Waals surface area contributed by atoms with Crippen LogP contribution in [0.4, 0.5) is 0 Å². The lowest BCUT2D eigenvalue weighted by molar-refractivity contribution is 0.0714. The molecule has 2 rings (SSSR count). The van der Waals surface area contributed by atoms with Crippen molar-refractivity contribution in [2.45, 2.75) is 38.7 Å². The van der Waals surface area contributed by atoms with Crippen molar-refractivity contribution in [2.75, 3.05) is 18.8 Å². The predicted octanol–water partition coefficient (Wildman–Crippen LogP) is 1.14. The average Bonchev–Trinajstić information content (AvgIpc) is 2.90. The monoisotopic (exact) mass is 354 g/mol. The molecule has 0 aliphatic carbocycles. The minimum Gasteiger partial charge on any atom is -0.390 e. The molecule has 1 unspecified atom stereocenters. The third-order valence-corrected chi connectivity index (χ3v) is 5.18. The highest BCUT2D eigenvalue weighted by atomic mass is 32.2. The van der Waals surface area contributed by atoms with E-state index in [0.29, 0.717) is 37.9 Å². The lowest BCUT2D eigenvalue weighted by Crippen LogP contribution is -2.30. The first-order valence-corrected chi connectivity index (χ1v) is 9.86. The number of nitrogens with zero attached hydrogens (tertiary/aromatic N) is 1. The molecule has 1 aromatic carbocycles. The van der Waals surface area contributed by atoms with Crippen molar-refractivity contribution >= 4 is 15.9 Å². The Balaban J connectivity index is 2.00. The molecule has 1 aliphatic rings. The number of likely N-dealkylation sites (tertiary alicyclic amines) is 1. The van der Waals surface area contributed by atoms with E-state index in [2.05, 4.69) is 0 Å². The van der Waals surface area contributed by atoms with Crippen molar-refractivity contribution in [3.63, 3.8) is 0 Å². The first-order valence-electron chi connectivity index (χ1n) is 8.14. The second-order valence-corrected chi connectivity index (χ2v) is 8.91. The Labute approximate surface area is 143 Å². The van der Waals surface area contributed by atoms with E-state index in [0.717, 1.165) is 5.56 Å². The highest BCUT2D eigenvalue weighted by Crippen LogP contribution is 2.21. The third-order valence-electron chi connectivity index (χ3n) is 4.24. The van der Waals surface area contributed by atoms with Crippen LogP contribution in [0.15, 0.2) is 24.3 Å². The first kappa shape index (κ1) is 18.9. The number of aryl methyl sites for hydroxylation is 1. The van der Waals surface area contributed by atoms with Crippen LogP contribution in [0.3, 0.4) is 0 Å². The minimum atomic E-state index is -3.51. The Morgan fingerprint density at radius 2 is 2.12 bits per heavy atom. The van der Waals surface area contributed by atoms with Crippen LogP contribution < -0.4 is 5.14 Å². The normalized spacial score (nSPS) is 18.8. The summed E-state index contributed by atoms with van der Waals surface area (Å²) in [4.78, 5) is 14.3. The van der Waals surface area contributed by atoms with Gasteiger partial charge in [-0.2, -0.15) is 0 Å². The maximum absolute atomic E-state index is 12.6. The van der Waals surface area contributed by atoms with Crippen LogP contribution in [-0.2, 0) is 16.4 Å². The molecule has 0 saturated carbocycles. The van der Waals surface area contributed by atoms with Crippen LogP contribution in [0.5, 0.6) is 0 Å². The number of benzene rings is 1. The number of rotatable bonds is 6. The highest BCUT2D eigenvalue weighted by Gasteiger charge is 2.29. The largest absolute Gasteiger partial charge is 0.390 e. The van der Waals surface area contributed by atoms with E-state index in [9.17, 15) is 18.3 Å². The maximum atomic E-state index is 12.6. The van der Waals surface area contributed by atoms with Gasteiger partial charge < -0.3 is 10.0 Å². The molecule has 1 amide bonds. The molecule has 1 fully saturated rings. The molecule has 24 heavy (non-hydrogen) atoms. The second-order valence-electron chi connectivity index (χ2n) is 7.25. The van der Waals surface area contributed by atoms with E-state index in [1.54, 1.807) is 24.8 Å². The molecule has 6 nitrogen and oxygen atoms in total. The summed E-state index contributed by atoms with van der Waals surface area (Å²) < 4.78 is 22.4. The molecule has 3 N–H and O–H groups in total. The molecule has 1 aliphatic heterocycles. The molecular weight excluding hydrogens is 328 g/mol. The zero-order valence-corrected chi connectivity index (χ0v) is 15.1. The fourth-order valence-electron chi connectivity index (χ4n) is 2.97. The summed E-state index contributed by atoms with van der Waals surface area (Å²) in [6.07, 6.45) is 1.96. The quantitative estimate of drug-likeness (QED) is 0.800. The predicted molar refractivity (Wildman–Crippen MR) is 93.0 cm³/mol. The summed E-state index contributed by atoms with van der Waals surface area (Å²) in [6, 6.07) is 7.39. The van der Waals surface area contributed by atoms with E-state index >= 15 is 0 Å². The topological polar surface area (TPSA) is 101 Å². The number of aliphatic hydroxyl groups is 1. The van der Waals surface area contributed by atoms with Gasteiger partial charge in [0.15, 0.2) is 0 Å². The number of primary sulfonamides is 1. The van der Waals surface area contributed by atoms with E-state index in [4.69, 9.17) is 5.14 Å². The van der Waals surface area contributed by atoms with E-state index in [-0.39, 0.29) is 17.6 Å². The molecule has 7 heteroatoms. The van der Waals surface area contributed by atoms with Gasteiger partial charge in [0.1, 0.15) is 0 Å².